The Morgan fingerprint density at radius 1 is 0.895 bits per heavy atom. The molecule has 0 radical (unpaired) electrons. The van der Waals surface area contributed by atoms with Gasteiger partial charge in [0.25, 0.3) is 11.8 Å². The van der Waals surface area contributed by atoms with Crippen molar-refractivity contribution in [3.05, 3.63) is 82.1 Å². The van der Waals surface area contributed by atoms with Crippen LogP contribution in [-0.2, 0) is 9.59 Å². The summed E-state index contributed by atoms with van der Waals surface area (Å²) in [5.41, 5.74) is 1.94. The molecule has 3 aromatic carbocycles. The number of anilines is 2. The number of aryl methyl sites for hydroxylation is 1. The number of benzene rings is 3. The summed E-state index contributed by atoms with van der Waals surface area (Å²) in [6, 6.07) is 11.6. The molecular weight excluding hydrogens is 775 g/mol. The Morgan fingerprint density at radius 3 is 2.08 bits per heavy atom. The first-order valence-corrected chi connectivity index (χ1v) is 14.7. The highest BCUT2D eigenvalue weighted by molar-refractivity contribution is 9.15. The summed E-state index contributed by atoms with van der Waals surface area (Å²) in [7, 11) is 0. The quantitative estimate of drug-likeness (QED) is 0.0902. The maximum atomic E-state index is 13.3. The van der Waals surface area contributed by atoms with Gasteiger partial charge in [0.2, 0.25) is 5.91 Å². The molecule has 194 valence electrons. The Morgan fingerprint density at radius 2 is 1.50 bits per heavy atom. The standard InChI is InChI=1S/C26H15Br4ClN2O5/c1-11-8-13(38-26(37)12-9-17(34)32(10-12)16-5-3-2-4-14(16)31)6-7-15(11)33-24(35)18-19(25(33)36)21(28)23(30)22(29)20(18)27/h2-8,12H,9-10H2,1H3/t12-/m1/s1. The lowest BCUT2D eigenvalue weighted by molar-refractivity contribution is -0.139. The van der Waals surface area contributed by atoms with Gasteiger partial charge >= 0.3 is 5.97 Å². The van der Waals surface area contributed by atoms with Crippen molar-refractivity contribution in [1.82, 2.24) is 0 Å². The zero-order chi connectivity index (χ0) is 27.5. The first kappa shape index (κ1) is 27.5. The van der Waals surface area contributed by atoms with Crippen molar-refractivity contribution in [1.29, 1.82) is 0 Å². The smallest absolute Gasteiger partial charge is 0.316 e. The van der Waals surface area contributed by atoms with Crippen molar-refractivity contribution in [2.45, 2.75) is 13.3 Å². The van der Waals surface area contributed by atoms with Crippen molar-refractivity contribution >= 4 is 110 Å². The van der Waals surface area contributed by atoms with Gasteiger partial charge in [-0.15, -0.1) is 0 Å². The average Bonchev–Trinajstić information content (AvgIpc) is 3.39. The SMILES string of the molecule is Cc1cc(OC(=O)[C@@H]2CC(=O)N(c3ccccc3Cl)C2)ccc1N1C(=O)c2c(Br)c(Br)c(Br)c(Br)c2C1=O. The van der Waals surface area contributed by atoms with Crippen molar-refractivity contribution in [3.63, 3.8) is 0 Å². The number of amides is 3. The van der Waals surface area contributed by atoms with Crippen molar-refractivity contribution in [3.8, 4) is 5.75 Å². The number of hydrogen-bond donors (Lipinski definition) is 0. The van der Waals surface area contributed by atoms with Crippen LogP contribution in [0.2, 0.25) is 5.02 Å². The maximum absolute atomic E-state index is 13.3. The summed E-state index contributed by atoms with van der Waals surface area (Å²) in [6.07, 6.45) is 0.00500. The summed E-state index contributed by atoms with van der Waals surface area (Å²) in [5.74, 6) is -2.16. The first-order chi connectivity index (χ1) is 18.0. The van der Waals surface area contributed by atoms with Crippen LogP contribution in [0.5, 0.6) is 5.75 Å². The van der Waals surface area contributed by atoms with Gasteiger partial charge in [0.05, 0.1) is 33.4 Å². The van der Waals surface area contributed by atoms with Gasteiger partial charge in [0.15, 0.2) is 0 Å². The molecule has 12 heteroatoms. The minimum atomic E-state index is -0.665. The molecule has 0 bridgehead atoms. The number of nitrogens with zero attached hydrogens (tertiary/aromatic N) is 2. The molecule has 3 aromatic rings. The summed E-state index contributed by atoms with van der Waals surface area (Å²) >= 11 is 19.9. The monoisotopic (exact) mass is 786 g/mol. The lowest BCUT2D eigenvalue weighted by Gasteiger charge is -2.18. The molecule has 0 aliphatic carbocycles. The summed E-state index contributed by atoms with van der Waals surface area (Å²) in [5, 5.41) is 0.424. The number of hydrogen-bond acceptors (Lipinski definition) is 5. The fraction of sp³-hybridized carbons (Fsp3) is 0.154. The molecule has 5 rings (SSSR count). The molecule has 1 fully saturated rings. The molecule has 1 atom stereocenters. The van der Waals surface area contributed by atoms with Crippen molar-refractivity contribution < 1.29 is 23.9 Å². The Hall–Kier alpha value is -2.05. The van der Waals surface area contributed by atoms with E-state index in [0.29, 0.717) is 39.9 Å². The molecule has 2 heterocycles. The Bertz CT molecular complexity index is 1530. The number of esters is 1. The van der Waals surface area contributed by atoms with Crippen LogP contribution in [0, 0.1) is 12.8 Å². The largest absolute Gasteiger partial charge is 0.426 e. The van der Waals surface area contributed by atoms with Crippen LogP contribution in [0.4, 0.5) is 11.4 Å². The fourth-order valence-electron chi connectivity index (χ4n) is 4.48. The zero-order valence-electron chi connectivity index (χ0n) is 19.4. The van der Waals surface area contributed by atoms with Gasteiger partial charge in [-0.25, -0.2) is 4.90 Å². The normalized spacial score (nSPS) is 16.9. The van der Waals surface area contributed by atoms with E-state index in [0.717, 1.165) is 4.90 Å². The molecule has 7 nitrogen and oxygen atoms in total. The predicted molar refractivity (Wildman–Crippen MR) is 157 cm³/mol. The minimum absolute atomic E-state index is 0.00500. The van der Waals surface area contributed by atoms with Crippen LogP contribution < -0.4 is 14.5 Å². The van der Waals surface area contributed by atoms with E-state index in [1.807, 2.05) is 0 Å². The van der Waals surface area contributed by atoms with Crippen LogP contribution >= 0.6 is 75.3 Å². The highest BCUT2D eigenvalue weighted by Crippen LogP contribution is 2.46. The third-order valence-corrected chi connectivity index (χ3v) is 11.4. The summed E-state index contributed by atoms with van der Waals surface area (Å²) in [4.78, 5) is 54.7. The maximum Gasteiger partial charge on any atom is 0.316 e. The van der Waals surface area contributed by atoms with Crippen molar-refractivity contribution in [2.24, 2.45) is 5.92 Å². The molecule has 0 N–H and O–H groups in total. The summed E-state index contributed by atoms with van der Waals surface area (Å²) in [6.45, 7) is 1.87. The molecule has 38 heavy (non-hydrogen) atoms. The topological polar surface area (TPSA) is 84.0 Å². The molecule has 1 saturated heterocycles. The second-order valence-corrected chi connectivity index (χ2v) is 12.3. The van der Waals surface area contributed by atoms with E-state index in [4.69, 9.17) is 16.3 Å². The predicted octanol–water partition coefficient (Wildman–Crippen LogP) is 7.46. The van der Waals surface area contributed by atoms with Gasteiger partial charge in [-0.2, -0.15) is 0 Å². The molecule has 0 unspecified atom stereocenters. The molecule has 0 saturated carbocycles. The number of halogens is 5. The summed E-state index contributed by atoms with van der Waals surface area (Å²) < 4.78 is 7.70. The van der Waals surface area contributed by atoms with Gasteiger partial charge in [-0.3, -0.25) is 19.2 Å². The Kier molecular flexibility index (Phi) is 7.60. The Balaban J connectivity index is 1.36. The van der Waals surface area contributed by atoms with E-state index in [1.54, 1.807) is 43.3 Å². The van der Waals surface area contributed by atoms with Crippen LogP contribution in [-0.4, -0.2) is 30.2 Å². The van der Waals surface area contributed by atoms with E-state index in [1.165, 1.54) is 11.0 Å². The van der Waals surface area contributed by atoms with Crippen LogP contribution in [0.3, 0.4) is 0 Å². The average molecular weight is 790 g/mol. The molecule has 0 aromatic heterocycles. The van der Waals surface area contributed by atoms with Crippen molar-refractivity contribution in [2.75, 3.05) is 16.3 Å². The number of carbonyl (C=O) groups is 4. The molecule has 3 amide bonds. The van der Waals surface area contributed by atoms with Gasteiger partial charge in [-0.05, 0) is 107 Å². The van der Waals surface area contributed by atoms with E-state index in [9.17, 15) is 19.2 Å². The minimum Gasteiger partial charge on any atom is -0.426 e. The van der Waals surface area contributed by atoms with E-state index in [-0.39, 0.29) is 35.7 Å². The highest BCUT2D eigenvalue weighted by atomic mass is 79.9. The number of fused-ring (bicyclic) bond motifs is 1. The van der Waals surface area contributed by atoms with Gasteiger partial charge in [0.1, 0.15) is 5.75 Å². The third-order valence-electron chi connectivity index (χ3n) is 6.33. The number of rotatable bonds is 4. The first-order valence-electron chi connectivity index (χ1n) is 11.1. The third kappa shape index (κ3) is 4.56. The highest BCUT2D eigenvalue weighted by Gasteiger charge is 2.42. The molecule has 2 aliphatic heterocycles. The number of ether oxygens (including phenoxy) is 1. The number of para-hydroxylation sites is 1. The van der Waals surface area contributed by atoms with E-state index < -0.39 is 23.7 Å². The van der Waals surface area contributed by atoms with E-state index in [2.05, 4.69) is 63.7 Å². The fourth-order valence-corrected chi connectivity index (χ4v) is 7.17. The lowest BCUT2D eigenvalue weighted by atomic mass is 10.1. The second kappa shape index (κ2) is 10.5. The lowest BCUT2D eigenvalue weighted by Crippen LogP contribution is -2.30. The van der Waals surface area contributed by atoms with Crippen LogP contribution in [0.25, 0.3) is 0 Å². The zero-order valence-corrected chi connectivity index (χ0v) is 26.5. The molecular formula is C26H15Br4ClN2O5. The van der Waals surface area contributed by atoms with Gasteiger partial charge in [-0.1, -0.05) is 23.7 Å². The number of carbonyl (C=O) groups excluding carboxylic acids is 4. The van der Waals surface area contributed by atoms with Crippen LogP contribution in [0.1, 0.15) is 32.7 Å². The van der Waals surface area contributed by atoms with Gasteiger partial charge in [0, 0.05) is 30.9 Å². The van der Waals surface area contributed by atoms with Crippen LogP contribution in [0.15, 0.2) is 60.4 Å². The van der Waals surface area contributed by atoms with E-state index >= 15 is 0 Å². The number of imide groups is 1. The molecule has 0 spiro atoms. The van der Waals surface area contributed by atoms with Gasteiger partial charge < -0.3 is 9.64 Å². The molecule has 2 aliphatic rings. The second-order valence-electron chi connectivity index (χ2n) is 8.68. The Labute approximate surface area is 256 Å².